The zero-order valence-electron chi connectivity index (χ0n) is 11.9. The molecular formula is C15H28Br2O2. The van der Waals surface area contributed by atoms with Gasteiger partial charge in [-0.1, -0.05) is 70.4 Å². The lowest BCUT2D eigenvalue weighted by Gasteiger charge is -1.99. The fraction of sp³-hybridized carbons (Fsp3) is 0.867. The highest BCUT2D eigenvalue weighted by molar-refractivity contribution is 9.09. The van der Waals surface area contributed by atoms with Gasteiger partial charge >= 0.3 is 0 Å². The van der Waals surface area contributed by atoms with Gasteiger partial charge in [-0.25, -0.2) is 0 Å². The summed E-state index contributed by atoms with van der Waals surface area (Å²) in [4.78, 5) is 19.1. The fourth-order valence-corrected chi connectivity index (χ4v) is 2.33. The van der Waals surface area contributed by atoms with Gasteiger partial charge in [-0.15, -0.1) is 0 Å². The highest BCUT2D eigenvalue weighted by atomic mass is 79.9. The van der Waals surface area contributed by atoms with Crippen molar-refractivity contribution in [2.24, 2.45) is 0 Å². The number of unbranched alkanes of at least 4 members (excludes halogenated alkanes) is 9. The van der Waals surface area contributed by atoms with E-state index in [0.29, 0.717) is 19.3 Å². The van der Waals surface area contributed by atoms with E-state index >= 15 is 0 Å². The summed E-state index contributed by atoms with van der Waals surface area (Å²) in [7, 11) is 0. The summed E-state index contributed by atoms with van der Waals surface area (Å²) in [5.41, 5.74) is 0. The number of halogens is 2. The summed E-state index contributed by atoms with van der Waals surface area (Å²) in [6.07, 6.45) is 14.6. The van der Waals surface area contributed by atoms with Gasteiger partial charge in [-0.3, -0.25) is 0 Å². The molecule has 0 rings (SSSR count). The Kier molecular flexibility index (Phi) is 26.6. The van der Waals surface area contributed by atoms with E-state index in [1.807, 2.05) is 0 Å². The van der Waals surface area contributed by atoms with E-state index in [9.17, 15) is 9.59 Å². The molecule has 2 nitrogen and oxygen atoms in total. The Hall–Kier alpha value is 0.300. The predicted molar refractivity (Wildman–Crippen MR) is 90.5 cm³/mol. The molecule has 0 aromatic carbocycles. The quantitative estimate of drug-likeness (QED) is 0.234. The minimum absolute atomic E-state index is 0.513. The summed E-state index contributed by atoms with van der Waals surface area (Å²) >= 11 is 6.90. The monoisotopic (exact) mass is 398 g/mol. The molecule has 0 atom stereocenters. The van der Waals surface area contributed by atoms with Crippen LogP contribution in [0.5, 0.6) is 0 Å². The maximum Gasteiger partial charge on any atom is 0.120 e. The van der Waals surface area contributed by atoms with Crippen molar-refractivity contribution in [3.63, 3.8) is 0 Å². The minimum Gasteiger partial charge on any atom is -0.303 e. The highest BCUT2D eigenvalue weighted by Crippen LogP contribution is 2.09. The Morgan fingerprint density at radius 3 is 1.11 bits per heavy atom. The fourth-order valence-electron chi connectivity index (χ4n) is 1.53. The average Bonchev–Trinajstić information content (AvgIpc) is 2.43. The van der Waals surface area contributed by atoms with Crippen molar-refractivity contribution in [3.05, 3.63) is 0 Å². The van der Waals surface area contributed by atoms with Gasteiger partial charge in [0, 0.05) is 23.5 Å². The van der Waals surface area contributed by atoms with Crippen LogP contribution in [0.2, 0.25) is 0 Å². The number of carbonyl (C=O) groups excluding carboxylic acids is 2. The summed E-state index contributed by atoms with van der Waals surface area (Å²) in [5, 5.41) is 2.35. The summed E-state index contributed by atoms with van der Waals surface area (Å²) in [5.74, 6) is 0. The van der Waals surface area contributed by atoms with Crippen LogP contribution in [-0.2, 0) is 9.59 Å². The SMILES string of the molecule is BrCCCCCCCCCCBr.O=CCCCC=O. The molecule has 0 spiro atoms. The first-order valence-electron chi connectivity index (χ1n) is 7.32. The van der Waals surface area contributed by atoms with Crippen LogP contribution in [-0.4, -0.2) is 23.2 Å². The smallest absolute Gasteiger partial charge is 0.120 e. The topological polar surface area (TPSA) is 34.1 Å². The first kappa shape index (κ1) is 21.6. The standard InChI is InChI=1S/C10H20Br2.C5H8O2/c11-9-7-5-3-1-2-4-6-8-10-12;6-4-2-1-3-5-7/h1-10H2;4-5H,1-3H2. The van der Waals surface area contributed by atoms with Gasteiger partial charge in [0.15, 0.2) is 0 Å². The molecule has 0 amide bonds. The van der Waals surface area contributed by atoms with Gasteiger partial charge < -0.3 is 9.59 Å². The third-order valence-electron chi connectivity index (χ3n) is 2.66. The lowest BCUT2D eigenvalue weighted by molar-refractivity contribution is -0.108. The zero-order chi connectivity index (χ0) is 14.6. The number of rotatable bonds is 13. The predicted octanol–water partition coefficient (Wildman–Crippen LogP) is 5.45. The highest BCUT2D eigenvalue weighted by Gasteiger charge is 1.90. The minimum atomic E-state index is 0.513. The van der Waals surface area contributed by atoms with E-state index in [2.05, 4.69) is 31.9 Å². The molecule has 0 bridgehead atoms. The van der Waals surface area contributed by atoms with Gasteiger partial charge in [0.1, 0.15) is 12.6 Å². The molecule has 0 aliphatic heterocycles. The number of alkyl halides is 2. The van der Waals surface area contributed by atoms with Crippen LogP contribution < -0.4 is 0 Å². The van der Waals surface area contributed by atoms with Crippen molar-refractivity contribution < 1.29 is 9.59 Å². The number of hydrogen-bond acceptors (Lipinski definition) is 2. The average molecular weight is 400 g/mol. The zero-order valence-corrected chi connectivity index (χ0v) is 15.1. The molecule has 4 heteroatoms. The molecule has 0 aliphatic rings. The van der Waals surface area contributed by atoms with Crippen molar-refractivity contribution in [2.75, 3.05) is 10.7 Å². The van der Waals surface area contributed by atoms with Crippen molar-refractivity contribution in [1.29, 1.82) is 0 Å². The molecule has 0 aromatic heterocycles. The summed E-state index contributed by atoms with van der Waals surface area (Å²) < 4.78 is 0. The van der Waals surface area contributed by atoms with Gasteiger partial charge in [0.05, 0.1) is 0 Å². The number of hydrogen-bond donors (Lipinski definition) is 0. The van der Waals surface area contributed by atoms with E-state index in [-0.39, 0.29) is 0 Å². The third kappa shape index (κ3) is 27.5. The Labute approximate surface area is 135 Å². The van der Waals surface area contributed by atoms with E-state index in [4.69, 9.17) is 0 Å². The molecule has 0 radical (unpaired) electrons. The summed E-state index contributed by atoms with van der Waals surface area (Å²) in [6.45, 7) is 0. The second-order valence-electron chi connectivity index (χ2n) is 4.47. The maximum absolute atomic E-state index is 9.56. The Balaban J connectivity index is 0. The van der Waals surface area contributed by atoms with E-state index < -0.39 is 0 Å². The van der Waals surface area contributed by atoms with Crippen LogP contribution in [0, 0.1) is 0 Å². The van der Waals surface area contributed by atoms with E-state index in [0.717, 1.165) is 12.6 Å². The molecule has 0 saturated carbocycles. The van der Waals surface area contributed by atoms with Crippen LogP contribution in [0.4, 0.5) is 0 Å². The Bertz CT molecular complexity index is 158. The van der Waals surface area contributed by atoms with Gasteiger partial charge in [0.25, 0.3) is 0 Å². The van der Waals surface area contributed by atoms with Crippen molar-refractivity contribution in [3.8, 4) is 0 Å². The molecular weight excluding hydrogens is 372 g/mol. The largest absolute Gasteiger partial charge is 0.303 e. The second kappa shape index (κ2) is 23.4. The summed E-state index contributed by atoms with van der Waals surface area (Å²) in [6, 6.07) is 0. The molecule has 0 unspecified atom stereocenters. The van der Waals surface area contributed by atoms with E-state index in [1.165, 1.54) is 62.0 Å². The lowest BCUT2D eigenvalue weighted by Crippen LogP contribution is -1.81. The molecule has 0 aliphatic carbocycles. The molecule has 114 valence electrons. The van der Waals surface area contributed by atoms with Gasteiger partial charge in [-0.05, 0) is 19.3 Å². The second-order valence-corrected chi connectivity index (χ2v) is 6.06. The van der Waals surface area contributed by atoms with Crippen molar-refractivity contribution in [2.45, 2.75) is 70.6 Å². The molecule has 0 N–H and O–H groups in total. The maximum atomic E-state index is 9.56. The number of carbonyl (C=O) groups is 2. The van der Waals surface area contributed by atoms with Crippen molar-refractivity contribution >= 4 is 44.4 Å². The van der Waals surface area contributed by atoms with E-state index in [1.54, 1.807) is 0 Å². The van der Waals surface area contributed by atoms with Crippen LogP contribution in [0.25, 0.3) is 0 Å². The first-order valence-corrected chi connectivity index (χ1v) is 9.57. The third-order valence-corrected chi connectivity index (χ3v) is 3.78. The van der Waals surface area contributed by atoms with Gasteiger partial charge in [0.2, 0.25) is 0 Å². The molecule has 0 heterocycles. The van der Waals surface area contributed by atoms with Gasteiger partial charge in [-0.2, -0.15) is 0 Å². The molecule has 0 aromatic rings. The van der Waals surface area contributed by atoms with Crippen LogP contribution in [0.3, 0.4) is 0 Å². The first-order chi connectivity index (χ1) is 9.33. The Morgan fingerprint density at radius 2 is 0.842 bits per heavy atom. The van der Waals surface area contributed by atoms with Crippen molar-refractivity contribution in [1.82, 2.24) is 0 Å². The molecule has 19 heavy (non-hydrogen) atoms. The van der Waals surface area contributed by atoms with Crippen LogP contribution >= 0.6 is 31.9 Å². The van der Waals surface area contributed by atoms with Crippen LogP contribution in [0.15, 0.2) is 0 Å². The molecule has 0 fully saturated rings. The normalized spacial score (nSPS) is 9.58. The molecule has 0 saturated heterocycles. The Morgan fingerprint density at radius 1 is 0.526 bits per heavy atom. The van der Waals surface area contributed by atoms with Crippen LogP contribution in [0.1, 0.15) is 70.6 Å². The lowest BCUT2D eigenvalue weighted by atomic mass is 10.1. The number of aldehydes is 2.